The molecule has 0 aromatic heterocycles. The van der Waals surface area contributed by atoms with E-state index >= 15 is 0 Å². The zero-order valence-corrected chi connectivity index (χ0v) is 19.1. The van der Waals surface area contributed by atoms with Crippen LogP contribution in [0.5, 0.6) is 5.75 Å². The molecule has 1 atom stereocenters. The lowest BCUT2D eigenvalue weighted by atomic mass is 10.1. The van der Waals surface area contributed by atoms with Crippen molar-refractivity contribution in [2.45, 2.75) is 37.3 Å². The second kappa shape index (κ2) is 9.49. The number of carbonyl (C=O) groups excluding carboxylic acids is 1. The van der Waals surface area contributed by atoms with Gasteiger partial charge in [-0.15, -0.1) is 5.10 Å². The third kappa shape index (κ3) is 5.32. The first-order chi connectivity index (χ1) is 15.1. The van der Waals surface area contributed by atoms with E-state index in [4.69, 9.17) is 4.18 Å². The maximum Gasteiger partial charge on any atom is 0.339 e. The minimum absolute atomic E-state index is 0.0164. The molecule has 0 aliphatic carbocycles. The first-order valence-electron chi connectivity index (χ1n) is 9.49. The van der Waals surface area contributed by atoms with Crippen LogP contribution >= 0.6 is 11.8 Å². The molecule has 2 aromatic carbocycles. The van der Waals surface area contributed by atoms with Gasteiger partial charge in [0.25, 0.3) is 5.69 Å². The summed E-state index contributed by atoms with van der Waals surface area (Å²) in [5.74, 6) is -0.151. The van der Waals surface area contributed by atoms with Crippen molar-refractivity contribution in [3.8, 4) is 5.75 Å². The van der Waals surface area contributed by atoms with E-state index in [0.29, 0.717) is 22.7 Å². The molecule has 1 amide bonds. The quantitative estimate of drug-likeness (QED) is 0.280. The summed E-state index contributed by atoms with van der Waals surface area (Å²) >= 11 is 1.27. The smallest absolute Gasteiger partial charge is 0.339 e. The fourth-order valence-electron chi connectivity index (χ4n) is 2.82. The highest BCUT2D eigenvalue weighted by Gasteiger charge is 2.28. The SMILES string of the molecule is CC[C@H]1SC(=NN=Cc2cc(C)ccc2OS(=O)(=O)c2ccc(C)c([N+](=O)[O-])c2)NC1=O. The van der Waals surface area contributed by atoms with Crippen molar-refractivity contribution >= 4 is 44.9 Å². The predicted octanol–water partition coefficient (Wildman–Crippen LogP) is 3.31. The van der Waals surface area contributed by atoms with Gasteiger partial charge in [-0.2, -0.15) is 13.5 Å². The monoisotopic (exact) mass is 476 g/mol. The lowest BCUT2D eigenvalue weighted by Crippen LogP contribution is -2.24. The third-order valence-electron chi connectivity index (χ3n) is 4.52. The number of amides is 1. The summed E-state index contributed by atoms with van der Waals surface area (Å²) in [7, 11) is -4.34. The van der Waals surface area contributed by atoms with Crippen molar-refractivity contribution in [1.29, 1.82) is 0 Å². The highest BCUT2D eigenvalue weighted by Crippen LogP contribution is 2.27. The molecule has 0 unspecified atom stereocenters. The van der Waals surface area contributed by atoms with Gasteiger partial charge in [0.2, 0.25) is 5.91 Å². The number of amidine groups is 1. The number of carbonyl (C=O) groups is 1. The number of nitrogens with zero attached hydrogens (tertiary/aromatic N) is 3. The number of thioether (sulfide) groups is 1. The number of hydrogen-bond donors (Lipinski definition) is 1. The van der Waals surface area contributed by atoms with Gasteiger partial charge in [-0.3, -0.25) is 14.9 Å². The molecule has 3 rings (SSSR count). The number of aryl methyl sites for hydroxylation is 2. The van der Waals surface area contributed by atoms with Crippen LogP contribution in [0.2, 0.25) is 0 Å². The topological polar surface area (TPSA) is 140 Å². The van der Waals surface area contributed by atoms with Crippen LogP contribution in [0.25, 0.3) is 0 Å². The van der Waals surface area contributed by atoms with E-state index in [0.717, 1.165) is 11.6 Å². The zero-order valence-electron chi connectivity index (χ0n) is 17.4. The van der Waals surface area contributed by atoms with Gasteiger partial charge in [-0.1, -0.05) is 36.4 Å². The van der Waals surface area contributed by atoms with Crippen molar-refractivity contribution in [3.05, 3.63) is 63.2 Å². The molecule has 1 aliphatic rings. The fraction of sp³-hybridized carbons (Fsp3) is 0.250. The molecule has 2 aromatic rings. The maximum atomic E-state index is 12.7. The Kier molecular flexibility index (Phi) is 6.94. The van der Waals surface area contributed by atoms with E-state index in [-0.39, 0.29) is 27.5 Å². The Morgan fingerprint density at radius 3 is 2.66 bits per heavy atom. The molecular formula is C20H20N4O6S2. The van der Waals surface area contributed by atoms with E-state index < -0.39 is 15.0 Å². The number of nitro benzene ring substituents is 1. The van der Waals surface area contributed by atoms with Crippen molar-refractivity contribution in [2.75, 3.05) is 0 Å². The normalized spacial score (nSPS) is 17.7. The first kappa shape index (κ1) is 23.4. The second-order valence-corrected chi connectivity index (χ2v) is 9.68. The van der Waals surface area contributed by atoms with Gasteiger partial charge in [0.15, 0.2) is 10.9 Å². The summed E-state index contributed by atoms with van der Waals surface area (Å²) in [5.41, 5.74) is 1.17. The highest BCUT2D eigenvalue weighted by molar-refractivity contribution is 8.15. The Bertz CT molecular complexity index is 1240. The van der Waals surface area contributed by atoms with Crippen LogP contribution in [0.4, 0.5) is 5.69 Å². The van der Waals surface area contributed by atoms with Gasteiger partial charge in [0, 0.05) is 17.2 Å². The van der Waals surface area contributed by atoms with E-state index in [2.05, 4.69) is 15.5 Å². The van der Waals surface area contributed by atoms with Crippen LogP contribution in [-0.4, -0.2) is 35.9 Å². The average molecular weight is 477 g/mol. The van der Waals surface area contributed by atoms with Crippen molar-refractivity contribution in [3.63, 3.8) is 0 Å². The molecule has 1 fully saturated rings. The molecular weight excluding hydrogens is 456 g/mol. The molecule has 1 saturated heterocycles. The Morgan fingerprint density at radius 1 is 1.25 bits per heavy atom. The summed E-state index contributed by atoms with van der Waals surface area (Å²) in [6.07, 6.45) is 1.97. The predicted molar refractivity (Wildman–Crippen MR) is 122 cm³/mol. The van der Waals surface area contributed by atoms with Crippen LogP contribution in [0.3, 0.4) is 0 Å². The number of hydrogen-bond acceptors (Lipinski definition) is 9. The summed E-state index contributed by atoms with van der Waals surface area (Å²) < 4.78 is 30.7. The van der Waals surface area contributed by atoms with Gasteiger partial charge >= 0.3 is 10.1 Å². The average Bonchev–Trinajstić information content (AvgIpc) is 3.09. The van der Waals surface area contributed by atoms with Crippen LogP contribution in [0.1, 0.15) is 30.0 Å². The summed E-state index contributed by atoms with van der Waals surface area (Å²) in [4.78, 5) is 21.9. The molecule has 0 radical (unpaired) electrons. The molecule has 10 nitrogen and oxygen atoms in total. The van der Waals surface area contributed by atoms with E-state index in [1.165, 1.54) is 43.1 Å². The number of rotatable bonds is 7. The highest BCUT2D eigenvalue weighted by atomic mass is 32.2. The largest absolute Gasteiger partial charge is 0.378 e. The number of benzene rings is 2. The molecule has 0 spiro atoms. The molecule has 168 valence electrons. The number of nitrogens with one attached hydrogen (secondary N) is 1. The molecule has 0 saturated carbocycles. The lowest BCUT2D eigenvalue weighted by molar-refractivity contribution is -0.385. The van der Waals surface area contributed by atoms with Crippen LogP contribution in [0.15, 0.2) is 51.5 Å². The molecule has 1 heterocycles. The third-order valence-corrected chi connectivity index (χ3v) is 6.99. The number of nitro groups is 1. The summed E-state index contributed by atoms with van der Waals surface area (Å²) in [5, 5.41) is 21.8. The molecule has 32 heavy (non-hydrogen) atoms. The summed E-state index contributed by atoms with van der Waals surface area (Å²) in [6, 6.07) is 8.33. The van der Waals surface area contributed by atoms with Gasteiger partial charge in [-0.25, -0.2) is 0 Å². The van der Waals surface area contributed by atoms with Crippen LogP contribution in [0, 0.1) is 24.0 Å². The first-order valence-corrected chi connectivity index (χ1v) is 11.8. The molecule has 1 N–H and O–H groups in total. The van der Waals surface area contributed by atoms with Crippen LogP contribution < -0.4 is 9.50 Å². The second-order valence-electron chi connectivity index (χ2n) is 6.94. The van der Waals surface area contributed by atoms with Gasteiger partial charge in [-0.05, 0) is 38.5 Å². The summed E-state index contributed by atoms with van der Waals surface area (Å²) in [6.45, 7) is 5.21. The maximum absolute atomic E-state index is 12.7. The van der Waals surface area contributed by atoms with Gasteiger partial charge < -0.3 is 9.50 Å². The van der Waals surface area contributed by atoms with E-state index in [9.17, 15) is 23.3 Å². The van der Waals surface area contributed by atoms with E-state index in [1.54, 1.807) is 12.1 Å². The molecule has 1 aliphatic heterocycles. The Labute approximate surface area is 189 Å². The Balaban J connectivity index is 1.88. The standard InChI is InChI=1S/C20H20N4O6S2/c1-4-18-19(25)22-20(31-18)23-21-11-14-9-12(2)5-8-17(14)30-32(28,29)15-7-6-13(3)16(10-15)24(26)27/h5-11,18H,4H2,1-3H3,(H,22,23,25)/t18-/m1/s1. The zero-order chi connectivity index (χ0) is 23.5. The Hall–Kier alpha value is -3.25. The van der Waals surface area contributed by atoms with Crippen molar-refractivity contribution < 1.29 is 22.3 Å². The van der Waals surface area contributed by atoms with Crippen molar-refractivity contribution in [2.24, 2.45) is 10.2 Å². The van der Waals surface area contributed by atoms with Crippen LogP contribution in [-0.2, 0) is 14.9 Å². The van der Waals surface area contributed by atoms with Gasteiger partial charge in [0.1, 0.15) is 4.90 Å². The lowest BCUT2D eigenvalue weighted by Gasteiger charge is -2.10. The molecule has 0 bridgehead atoms. The Morgan fingerprint density at radius 2 is 2.00 bits per heavy atom. The minimum atomic E-state index is -4.34. The van der Waals surface area contributed by atoms with E-state index in [1.807, 2.05) is 13.8 Å². The van der Waals surface area contributed by atoms with Gasteiger partial charge in [0.05, 0.1) is 16.4 Å². The van der Waals surface area contributed by atoms with Crippen molar-refractivity contribution in [1.82, 2.24) is 5.32 Å². The minimum Gasteiger partial charge on any atom is -0.378 e. The fourth-order valence-corrected chi connectivity index (χ4v) is 4.65. The molecule has 12 heteroatoms.